The van der Waals surface area contributed by atoms with E-state index in [0.29, 0.717) is 12.5 Å². The normalized spacial score (nSPS) is 14.6. The topological polar surface area (TPSA) is 47.9 Å². The number of nitrogens with zero attached hydrogens (tertiary/aromatic N) is 1. The molecule has 30 heavy (non-hydrogen) atoms. The number of aliphatic imine (C=N–C) groups is 1. The predicted octanol–water partition coefficient (Wildman–Crippen LogP) is 6.58. The van der Waals surface area contributed by atoms with Crippen LogP contribution in [0.25, 0.3) is 6.08 Å². The van der Waals surface area contributed by atoms with Gasteiger partial charge in [-0.15, -0.1) is 0 Å². The Morgan fingerprint density at radius 3 is 2.43 bits per heavy atom. The minimum Gasteiger partial charge on any atom is -0.487 e. The third-order valence-electron chi connectivity index (χ3n) is 4.24. The van der Waals surface area contributed by atoms with Gasteiger partial charge in [-0.2, -0.15) is 0 Å². The van der Waals surface area contributed by atoms with E-state index in [0.717, 1.165) is 34.1 Å². The van der Waals surface area contributed by atoms with Crippen LogP contribution in [-0.4, -0.2) is 11.9 Å². The highest BCUT2D eigenvalue weighted by Gasteiger charge is 2.24. The number of hydrogen-bond donors (Lipinski definition) is 0. The Hall–Kier alpha value is -1.72. The average molecular weight is 686 g/mol. The first-order valence-electron chi connectivity index (χ1n) is 8.94. The lowest BCUT2D eigenvalue weighted by Crippen LogP contribution is -2.05. The lowest BCUT2D eigenvalue weighted by atomic mass is 10.2. The summed E-state index contributed by atoms with van der Waals surface area (Å²) < 4.78 is 14.3. The van der Waals surface area contributed by atoms with Gasteiger partial charge in [0.1, 0.15) is 12.4 Å². The van der Waals surface area contributed by atoms with Gasteiger partial charge >= 0.3 is 5.97 Å². The summed E-state index contributed by atoms with van der Waals surface area (Å²) in [4.78, 5) is 16.6. The molecule has 0 spiro atoms. The van der Waals surface area contributed by atoms with Crippen molar-refractivity contribution in [2.45, 2.75) is 6.61 Å². The van der Waals surface area contributed by atoms with E-state index in [2.05, 4.69) is 66.1 Å². The summed E-state index contributed by atoms with van der Waals surface area (Å²) in [5, 5.41) is 0. The molecule has 0 atom stereocenters. The minimum absolute atomic E-state index is 0.281. The van der Waals surface area contributed by atoms with Crippen LogP contribution in [0.3, 0.4) is 0 Å². The molecule has 0 unspecified atom stereocenters. The molecule has 1 aliphatic rings. The van der Waals surface area contributed by atoms with Gasteiger partial charge in [-0.3, -0.25) is 0 Å². The Balaban J connectivity index is 1.55. The molecule has 0 saturated heterocycles. The summed E-state index contributed by atoms with van der Waals surface area (Å²) in [7, 11) is 0. The molecule has 3 aromatic rings. The molecule has 4 nitrogen and oxygen atoms in total. The molecule has 1 aliphatic heterocycles. The maximum atomic E-state index is 12.2. The molecule has 4 rings (SSSR count). The van der Waals surface area contributed by atoms with Crippen LogP contribution in [0.15, 0.2) is 81.9 Å². The van der Waals surface area contributed by atoms with Crippen molar-refractivity contribution in [3.05, 3.63) is 101 Å². The third kappa shape index (κ3) is 5.12. The molecular weight excluding hydrogens is 672 g/mol. The second-order valence-electron chi connectivity index (χ2n) is 6.43. The molecule has 0 aliphatic carbocycles. The molecule has 0 radical (unpaired) electrons. The molecule has 7 heteroatoms. The van der Waals surface area contributed by atoms with Gasteiger partial charge in [0.2, 0.25) is 5.90 Å². The highest BCUT2D eigenvalue weighted by Crippen LogP contribution is 2.31. The molecule has 0 amide bonds. The molecule has 0 saturated carbocycles. The Labute approximate surface area is 209 Å². The monoisotopic (exact) mass is 685 g/mol. The molecule has 0 N–H and O–H groups in total. The summed E-state index contributed by atoms with van der Waals surface area (Å²) in [5.41, 5.74) is 3.00. The summed E-state index contributed by atoms with van der Waals surface area (Å²) in [6, 6.07) is 21.3. The largest absolute Gasteiger partial charge is 0.487 e. The molecule has 1 heterocycles. The fraction of sp³-hybridized carbons (Fsp3) is 0.0435. The molecule has 0 aromatic heterocycles. The maximum absolute atomic E-state index is 12.2. The zero-order valence-electron chi connectivity index (χ0n) is 15.4. The SMILES string of the molecule is O=C1OC(c2ccccc2)=N/C1=C\c1cc(I)c(OCc2cccc(Br)c2)c(I)c1. The number of carbonyl (C=O) groups is 1. The second-order valence-corrected chi connectivity index (χ2v) is 9.67. The van der Waals surface area contributed by atoms with Crippen LogP contribution in [0.5, 0.6) is 5.75 Å². The zero-order chi connectivity index (χ0) is 21.1. The zero-order valence-corrected chi connectivity index (χ0v) is 21.3. The van der Waals surface area contributed by atoms with E-state index in [9.17, 15) is 4.79 Å². The average Bonchev–Trinajstić information content (AvgIpc) is 3.08. The van der Waals surface area contributed by atoms with Crippen molar-refractivity contribution in [2.24, 2.45) is 4.99 Å². The van der Waals surface area contributed by atoms with Gasteiger partial charge in [0.25, 0.3) is 0 Å². The van der Waals surface area contributed by atoms with Gasteiger partial charge in [0.05, 0.1) is 7.14 Å². The number of ether oxygens (including phenoxy) is 2. The highest BCUT2D eigenvalue weighted by atomic mass is 127. The van der Waals surface area contributed by atoms with Crippen LogP contribution >= 0.6 is 61.1 Å². The van der Waals surface area contributed by atoms with Gasteiger partial charge < -0.3 is 9.47 Å². The number of cyclic esters (lactones) is 1. The van der Waals surface area contributed by atoms with E-state index in [1.165, 1.54) is 0 Å². The van der Waals surface area contributed by atoms with E-state index < -0.39 is 5.97 Å². The predicted molar refractivity (Wildman–Crippen MR) is 137 cm³/mol. The van der Waals surface area contributed by atoms with Crippen molar-refractivity contribution in [1.82, 2.24) is 0 Å². The second kappa shape index (κ2) is 9.61. The quantitative estimate of drug-likeness (QED) is 0.173. The molecule has 0 bridgehead atoms. The van der Waals surface area contributed by atoms with E-state index >= 15 is 0 Å². The number of halogens is 3. The number of benzene rings is 3. The fourth-order valence-corrected chi connectivity index (χ4v) is 5.43. The van der Waals surface area contributed by atoms with Crippen molar-refractivity contribution in [3.8, 4) is 5.75 Å². The Morgan fingerprint density at radius 1 is 1.00 bits per heavy atom. The van der Waals surface area contributed by atoms with Crippen LogP contribution in [-0.2, 0) is 16.1 Å². The molecule has 150 valence electrons. The lowest BCUT2D eigenvalue weighted by molar-refractivity contribution is -0.129. The number of esters is 1. The molecule has 0 fully saturated rings. The van der Waals surface area contributed by atoms with Crippen LogP contribution in [0, 0.1) is 7.14 Å². The summed E-state index contributed by atoms with van der Waals surface area (Å²) in [5.74, 6) is 0.694. The molecule has 3 aromatic carbocycles. The highest BCUT2D eigenvalue weighted by molar-refractivity contribution is 14.1. The van der Waals surface area contributed by atoms with Crippen molar-refractivity contribution in [3.63, 3.8) is 0 Å². The van der Waals surface area contributed by atoms with Crippen LogP contribution in [0.1, 0.15) is 16.7 Å². The summed E-state index contributed by atoms with van der Waals surface area (Å²) in [6.07, 6.45) is 1.74. The van der Waals surface area contributed by atoms with Gasteiger partial charge in [-0.1, -0.05) is 46.3 Å². The van der Waals surface area contributed by atoms with Crippen molar-refractivity contribution in [2.75, 3.05) is 0 Å². The standard InChI is InChI=1S/C23H14BrI2NO3/c24-17-8-4-5-14(9-17)13-29-21-18(25)10-15(11-19(21)26)12-20-23(28)30-22(27-20)16-6-2-1-3-7-16/h1-12H,13H2/b20-12-. The van der Waals surface area contributed by atoms with Crippen LogP contribution in [0.4, 0.5) is 0 Å². The van der Waals surface area contributed by atoms with E-state index in [4.69, 9.17) is 9.47 Å². The maximum Gasteiger partial charge on any atom is 0.363 e. The van der Waals surface area contributed by atoms with Gasteiger partial charge in [0.15, 0.2) is 5.70 Å². The first-order valence-corrected chi connectivity index (χ1v) is 11.9. The van der Waals surface area contributed by atoms with Gasteiger partial charge in [0, 0.05) is 10.0 Å². The van der Waals surface area contributed by atoms with Crippen molar-refractivity contribution in [1.29, 1.82) is 0 Å². The van der Waals surface area contributed by atoms with E-state index in [-0.39, 0.29) is 5.70 Å². The molecular formula is C23H14BrI2NO3. The Morgan fingerprint density at radius 2 is 1.73 bits per heavy atom. The lowest BCUT2D eigenvalue weighted by Gasteiger charge is -2.12. The van der Waals surface area contributed by atoms with Gasteiger partial charge in [-0.05, 0) is 98.8 Å². The minimum atomic E-state index is -0.450. The first kappa shape index (κ1) is 21.5. The van der Waals surface area contributed by atoms with E-state index in [1.807, 2.05) is 66.7 Å². The number of rotatable bonds is 5. The van der Waals surface area contributed by atoms with Crippen molar-refractivity contribution < 1.29 is 14.3 Å². The smallest absolute Gasteiger partial charge is 0.363 e. The van der Waals surface area contributed by atoms with Gasteiger partial charge in [-0.25, -0.2) is 9.79 Å². The summed E-state index contributed by atoms with van der Waals surface area (Å²) in [6.45, 7) is 0.475. The van der Waals surface area contributed by atoms with Crippen molar-refractivity contribution >= 4 is 79.1 Å². The van der Waals surface area contributed by atoms with Crippen LogP contribution < -0.4 is 4.74 Å². The number of carbonyl (C=O) groups excluding carboxylic acids is 1. The fourth-order valence-electron chi connectivity index (χ4n) is 2.85. The number of hydrogen-bond acceptors (Lipinski definition) is 4. The summed E-state index contributed by atoms with van der Waals surface area (Å²) >= 11 is 7.97. The third-order valence-corrected chi connectivity index (χ3v) is 6.33. The Bertz CT molecular complexity index is 1150. The van der Waals surface area contributed by atoms with E-state index in [1.54, 1.807) is 6.08 Å². The van der Waals surface area contributed by atoms with Crippen LogP contribution in [0.2, 0.25) is 0 Å². The first-order chi connectivity index (χ1) is 14.5. The Kier molecular flexibility index (Phi) is 6.89.